The third kappa shape index (κ3) is 5.08. The normalized spacial score (nSPS) is 11.2. The molecule has 3 rings (SSSR count). The summed E-state index contributed by atoms with van der Waals surface area (Å²) in [4.78, 5) is 17.7. The van der Waals surface area contributed by atoms with Crippen molar-refractivity contribution < 1.29 is 14.1 Å². The quantitative estimate of drug-likeness (QED) is 0.635. The van der Waals surface area contributed by atoms with Gasteiger partial charge in [-0.15, -0.1) is 0 Å². The van der Waals surface area contributed by atoms with E-state index in [0.29, 0.717) is 11.8 Å². The number of carbonyl (C=O) groups excluding carboxylic acids is 1. The van der Waals surface area contributed by atoms with Crippen LogP contribution >= 0.6 is 11.8 Å². The van der Waals surface area contributed by atoms with Crippen LogP contribution in [-0.4, -0.2) is 30.7 Å². The first-order valence-electron chi connectivity index (χ1n) is 8.22. The first-order valence-corrected chi connectivity index (χ1v) is 9.20. The van der Waals surface area contributed by atoms with Gasteiger partial charge in [0.05, 0.1) is 19.8 Å². The number of nitrogens with zero attached hydrogens (tertiary/aromatic N) is 1. The van der Waals surface area contributed by atoms with Crippen LogP contribution in [0.2, 0.25) is 0 Å². The van der Waals surface area contributed by atoms with E-state index in [9.17, 15) is 4.79 Å². The number of amides is 1. The van der Waals surface area contributed by atoms with E-state index in [2.05, 4.69) is 48.7 Å². The number of thioether (sulfide) groups is 1. The van der Waals surface area contributed by atoms with Crippen molar-refractivity contribution in [2.75, 3.05) is 19.8 Å². The molecule has 2 N–H and O–H groups in total. The summed E-state index contributed by atoms with van der Waals surface area (Å²) < 4.78 is 5.60. The maximum atomic E-state index is 12.0. The van der Waals surface area contributed by atoms with Gasteiger partial charge in [0.25, 0.3) is 5.22 Å². The highest BCUT2D eigenvalue weighted by molar-refractivity contribution is 7.99. The second-order valence-electron chi connectivity index (χ2n) is 6.21. The lowest BCUT2D eigenvalue weighted by Gasteiger charge is -2.08. The topological polar surface area (TPSA) is 59.6 Å². The van der Waals surface area contributed by atoms with Gasteiger partial charge < -0.3 is 14.6 Å². The van der Waals surface area contributed by atoms with Crippen molar-refractivity contribution in [2.24, 2.45) is 0 Å². The van der Waals surface area contributed by atoms with Gasteiger partial charge in [-0.3, -0.25) is 4.79 Å². The van der Waals surface area contributed by atoms with E-state index in [1.807, 2.05) is 24.3 Å². The molecule has 6 heteroatoms. The van der Waals surface area contributed by atoms with Gasteiger partial charge >= 0.3 is 0 Å². The molecule has 25 heavy (non-hydrogen) atoms. The molecule has 0 saturated carbocycles. The predicted octanol–water partition coefficient (Wildman–Crippen LogP) is 1.88. The Hall–Kier alpha value is -2.31. The maximum Gasteiger partial charge on any atom is 0.257 e. The third-order valence-corrected chi connectivity index (χ3v) is 4.50. The highest BCUT2D eigenvalue weighted by atomic mass is 32.2. The van der Waals surface area contributed by atoms with Crippen LogP contribution in [0.4, 0.5) is 0 Å². The molecule has 5 nitrogen and oxygen atoms in total. The number of quaternary nitrogens is 1. The fraction of sp³-hybridized carbons (Fsp3) is 0.263. The number of rotatable bonds is 7. The molecule has 0 aliphatic heterocycles. The molecule has 3 aromatic rings. The molecule has 0 fully saturated rings. The minimum Gasteiger partial charge on any atom is -0.431 e. The van der Waals surface area contributed by atoms with Crippen molar-refractivity contribution in [1.82, 2.24) is 10.3 Å². The van der Waals surface area contributed by atoms with E-state index in [0.717, 1.165) is 23.2 Å². The molecule has 0 aliphatic carbocycles. The number of hydrogen-bond donors (Lipinski definition) is 2. The van der Waals surface area contributed by atoms with Crippen molar-refractivity contribution in [1.29, 1.82) is 0 Å². The first-order chi connectivity index (χ1) is 12.1. The van der Waals surface area contributed by atoms with E-state index >= 15 is 0 Å². The Bertz CT molecular complexity index is 810. The van der Waals surface area contributed by atoms with E-state index in [-0.39, 0.29) is 11.7 Å². The first kappa shape index (κ1) is 17.5. The summed E-state index contributed by atoms with van der Waals surface area (Å²) in [6.07, 6.45) is 0. The molecule has 0 spiro atoms. The Morgan fingerprint density at radius 2 is 1.84 bits per heavy atom. The van der Waals surface area contributed by atoms with Gasteiger partial charge in [-0.25, -0.2) is 4.98 Å². The molecule has 1 heterocycles. The van der Waals surface area contributed by atoms with Gasteiger partial charge in [-0.1, -0.05) is 48.2 Å². The molecule has 130 valence electrons. The van der Waals surface area contributed by atoms with Crippen LogP contribution in [0.5, 0.6) is 0 Å². The number of oxazole rings is 1. The van der Waals surface area contributed by atoms with Crippen molar-refractivity contribution in [3.63, 3.8) is 0 Å². The number of nitrogens with one attached hydrogen (secondary N) is 2. The third-order valence-electron chi connectivity index (χ3n) is 3.67. The molecule has 0 saturated heterocycles. The number of aromatic nitrogens is 1. The summed E-state index contributed by atoms with van der Waals surface area (Å²) in [7, 11) is 4.26. The van der Waals surface area contributed by atoms with E-state index < -0.39 is 0 Å². The van der Waals surface area contributed by atoms with Crippen LogP contribution in [0.15, 0.2) is 58.2 Å². The number of para-hydroxylation sites is 2. The van der Waals surface area contributed by atoms with Crippen molar-refractivity contribution >= 4 is 28.8 Å². The minimum absolute atomic E-state index is 0.0333. The van der Waals surface area contributed by atoms with Crippen LogP contribution in [-0.2, 0) is 17.9 Å². The van der Waals surface area contributed by atoms with Crippen LogP contribution in [0.1, 0.15) is 11.1 Å². The fourth-order valence-electron chi connectivity index (χ4n) is 2.47. The molecular weight excluding hydrogens is 334 g/mol. The summed E-state index contributed by atoms with van der Waals surface area (Å²) >= 11 is 1.31. The molecular formula is C19H22N3O2S+. The summed E-state index contributed by atoms with van der Waals surface area (Å²) in [5.41, 5.74) is 3.94. The number of hydrogen-bond acceptors (Lipinski definition) is 4. The van der Waals surface area contributed by atoms with Gasteiger partial charge in [0.15, 0.2) is 5.58 Å². The number of carbonyl (C=O) groups is 1. The van der Waals surface area contributed by atoms with Gasteiger partial charge in [0.2, 0.25) is 5.91 Å². The Balaban J connectivity index is 1.46. The van der Waals surface area contributed by atoms with Crippen LogP contribution < -0.4 is 10.2 Å². The molecule has 0 radical (unpaired) electrons. The lowest BCUT2D eigenvalue weighted by molar-refractivity contribution is -0.872. The van der Waals surface area contributed by atoms with Crippen LogP contribution in [0.3, 0.4) is 0 Å². The Kier molecular flexibility index (Phi) is 5.73. The smallest absolute Gasteiger partial charge is 0.257 e. The fourth-order valence-corrected chi connectivity index (χ4v) is 3.14. The summed E-state index contributed by atoms with van der Waals surface area (Å²) in [6, 6.07) is 15.9. The molecule has 0 atom stereocenters. The monoisotopic (exact) mass is 356 g/mol. The highest BCUT2D eigenvalue weighted by Crippen LogP contribution is 2.22. The maximum absolute atomic E-state index is 12.0. The lowest BCUT2D eigenvalue weighted by atomic mass is 10.1. The zero-order valence-electron chi connectivity index (χ0n) is 14.4. The molecule has 0 bridgehead atoms. The second kappa shape index (κ2) is 8.18. The summed E-state index contributed by atoms with van der Waals surface area (Å²) in [5.74, 6) is 0.253. The summed E-state index contributed by atoms with van der Waals surface area (Å²) in [6.45, 7) is 1.52. The van der Waals surface area contributed by atoms with Gasteiger partial charge in [0.1, 0.15) is 12.1 Å². The molecule has 1 amide bonds. The Labute approximate surface area is 151 Å². The van der Waals surface area contributed by atoms with E-state index in [1.54, 1.807) is 0 Å². The Morgan fingerprint density at radius 1 is 1.12 bits per heavy atom. The lowest BCUT2D eigenvalue weighted by Crippen LogP contribution is -3.04. The average Bonchev–Trinajstić information content (AvgIpc) is 3.02. The zero-order chi connectivity index (χ0) is 17.6. The van der Waals surface area contributed by atoms with E-state index in [1.165, 1.54) is 22.2 Å². The molecule has 2 aromatic carbocycles. The largest absolute Gasteiger partial charge is 0.431 e. The van der Waals surface area contributed by atoms with Crippen LogP contribution in [0, 0.1) is 0 Å². The second-order valence-corrected chi connectivity index (χ2v) is 7.14. The van der Waals surface area contributed by atoms with Gasteiger partial charge in [-0.2, -0.15) is 0 Å². The molecule has 1 aromatic heterocycles. The molecule has 0 unspecified atom stereocenters. The SMILES string of the molecule is C[NH+](C)Cc1ccc(CNC(=O)CSc2nc3ccccc3o2)cc1. The van der Waals surface area contributed by atoms with Crippen molar-refractivity contribution in [2.45, 2.75) is 18.3 Å². The number of fused-ring (bicyclic) bond motifs is 1. The minimum atomic E-state index is -0.0333. The van der Waals surface area contributed by atoms with Crippen LogP contribution in [0.25, 0.3) is 11.1 Å². The highest BCUT2D eigenvalue weighted by Gasteiger charge is 2.09. The number of benzene rings is 2. The average molecular weight is 356 g/mol. The zero-order valence-corrected chi connectivity index (χ0v) is 15.2. The van der Waals surface area contributed by atoms with Gasteiger partial charge in [-0.05, 0) is 17.7 Å². The van der Waals surface area contributed by atoms with Crippen molar-refractivity contribution in [3.05, 3.63) is 59.7 Å². The predicted molar refractivity (Wildman–Crippen MR) is 99.5 cm³/mol. The summed E-state index contributed by atoms with van der Waals surface area (Å²) in [5, 5.41) is 3.45. The van der Waals surface area contributed by atoms with E-state index in [4.69, 9.17) is 4.42 Å². The Morgan fingerprint density at radius 3 is 2.56 bits per heavy atom. The van der Waals surface area contributed by atoms with Gasteiger partial charge in [0, 0.05) is 12.1 Å². The van der Waals surface area contributed by atoms with Crippen molar-refractivity contribution in [3.8, 4) is 0 Å². The molecule has 0 aliphatic rings. The standard InChI is InChI=1S/C19H21N3O2S/c1-22(2)12-15-9-7-14(8-10-15)11-20-18(23)13-25-19-21-16-5-3-4-6-17(16)24-19/h3-10H,11-13H2,1-2H3,(H,20,23)/p+1.